The number of ether oxygens (including phenoxy) is 1. The van der Waals surface area contributed by atoms with Gasteiger partial charge in [-0.05, 0) is 25.0 Å². The molecular weight excluding hydrogens is 339 g/mol. The van der Waals surface area contributed by atoms with Crippen LogP contribution < -0.4 is 15.4 Å². The highest BCUT2D eigenvalue weighted by molar-refractivity contribution is 6.34. The first kappa shape index (κ1) is 17.9. The van der Waals surface area contributed by atoms with Crippen LogP contribution in [0, 0.1) is 0 Å². The second-order valence-electron chi connectivity index (χ2n) is 5.54. The fourth-order valence-corrected chi connectivity index (χ4v) is 2.82. The lowest BCUT2D eigenvalue weighted by Crippen LogP contribution is -2.43. The Balaban J connectivity index is 1.68. The SMILES string of the molecule is O=C(COc1cc(Cl)ccc1Cl)NCC(=O)NC1CCCCC1. The minimum Gasteiger partial charge on any atom is -0.482 e. The summed E-state index contributed by atoms with van der Waals surface area (Å²) >= 11 is 11.8. The first-order valence-corrected chi connectivity index (χ1v) is 8.44. The van der Waals surface area contributed by atoms with E-state index >= 15 is 0 Å². The van der Waals surface area contributed by atoms with E-state index in [-0.39, 0.29) is 31.0 Å². The molecule has 126 valence electrons. The van der Waals surface area contributed by atoms with E-state index in [1.165, 1.54) is 12.5 Å². The van der Waals surface area contributed by atoms with Crippen molar-refractivity contribution in [3.63, 3.8) is 0 Å². The van der Waals surface area contributed by atoms with Crippen molar-refractivity contribution in [1.29, 1.82) is 0 Å². The summed E-state index contributed by atoms with van der Waals surface area (Å²) in [5.41, 5.74) is 0. The van der Waals surface area contributed by atoms with E-state index in [0.29, 0.717) is 15.8 Å². The zero-order valence-corrected chi connectivity index (χ0v) is 14.3. The van der Waals surface area contributed by atoms with E-state index in [1.54, 1.807) is 12.1 Å². The van der Waals surface area contributed by atoms with Crippen LogP contribution in [0.4, 0.5) is 0 Å². The van der Waals surface area contributed by atoms with E-state index in [0.717, 1.165) is 25.7 Å². The van der Waals surface area contributed by atoms with Crippen LogP contribution >= 0.6 is 23.2 Å². The van der Waals surface area contributed by atoms with Crippen LogP contribution in [0.3, 0.4) is 0 Å². The maximum atomic E-state index is 11.8. The number of hydrogen-bond acceptors (Lipinski definition) is 3. The summed E-state index contributed by atoms with van der Waals surface area (Å²) in [6.07, 6.45) is 5.54. The Hall–Kier alpha value is -1.46. The first-order chi connectivity index (χ1) is 11.0. The quantitative estimate of drug-likeness (QED) is 0.821. The molecule has 0 atom stereocenters. The molecule has 0 aliphatic heterocycles. The number of amides is 2. The third-order valence-electron chi connectivity index (χ3n) is 3.67. The van der Waals surface area contributed by atoms with Crippen molar-refractivity contribution in [2.24, 2.45) is 0 Å². The van der Waals surface area contributed by atoms with Crippen LogP contribution in [0.15, 0.2) is 18.2 Å². The van der Waals surface area contributed by atoms with E-state index in [4.69, 9.17) is 27.9 Å². The van der Waals surface area contributed by atoms with Gasteiger partial charge >= 0.3 is 0 Å². The molecule has 0 bridgehead atoms. The van der Waals surface area contributed by atoms with E-state index in [9.17, 15) is 9.59 Å². The molecule has 1 saturated carbocycles. The second-order valence-corrected chi connectivity index (χ2v) is 6.39. The molecule has 0 aromatic heterocycles. The highest BCUT2D eigenvalue weighted by atomic mass is 35.5. The van der Waals surface area contributed by atoms with Crippen LogP contribution in [0.25, 0.3) is 0 Å². The van der Waals surface area contributed by atoms with Crippen LogP contribution in [0.5, 0.6) is 5.75 Å². The molecule has 2 amide bonds. The minimum atomic E-state index is -0.389. The van der Waals surface area contributed by atoms with Crippen molar-refractivity contribution in [3.05, 3.63) is 28.2 Å². The van der Waals surface area contributed by atoms with Crippen LogP contribution in [-0.4, -0.2) is 31.0 Å². The second kappa shape index (κ2) is 8.99. The topological polar surface area (TPSA) is 67.4 Å². The lowest BCUT2D eigenvalue weighted by atomic mass is 9.95. The third kappa shape index (κ3) is 6.28. The Kier molecular flexibility index (Phi) is 6.99. The Morgan fingerprint density at radius 2 is 1.87 bits per heavy atom. The molecule has 23 heavy (non-hydrogen) atoms. The smallest absolute Gasteiger partial charge is 0.258 e. The molecule has 2 rings (SSSR count). The molecule has 5 nitrogen and oxygen atoms in total. The van der Waals surface area contributed by atoms with Crippen molar-refractivity contribution in [2.75, 3.05) is 13.2 Å². The van der Waals surface area contributed by atoms with Gasteiger partial charge in [0.25, 0.3) is 5.91 Å². The zero-order valence-electron chi connectivity index (χ0n) is 12.7. The highest BCUT2D eigenvalue weighted by Crippen LogP contribution is 2.27. The van der Waals surface area contributed by atoms with E-state index < -0.39 is 0 Å². The molecule has 1 aromatic rings. The number of nitrogens with one attached hydrogen (secondary N) is 2. The van der Waals surface area contributed by atoms with Crippen molar-refractivity contribution in [3.8, 4) is 5.75 Å². The minimum absolute atomic E-state index is 0.0536. The van der Waals surface area contributed by atoms with Gasteiger partial charge in [-0.2, -0.15) is 0 Å². The molecule has 0 saturated heterocycles. The predicted octanol–water partition coefficient (Wildman–Crippen LogP) is 2.94. The summed E-state index contributed by atoms with van der Waals surface area (Å²) < 4.78 is 5.30. The monoisotopic (exact) mass is 358 g/mol. The lowest BCUT2D eigenvalue weighted by molar-refractivity contribution is -0.127. The number of rotatable bonds is 6. The largest absolute Gasteiger partial charge is 0.482 e. The van der Waals surface area contributed by atoms with Gasteiger partial charge in [0.2, 0.25) is 5.91 Å². The molecule has 7 heteroatoms. The number of halogens is 2. The standard InChI is InChI=1S/C16H20Cl2N2O3/c17-11-6-7-13(18)14(8-11)23-10-16(22)19-9-15(21)20-12-4-2-1-3-5-12/h6-8,12H,1-5,9-10H2,(H,19,22)(H,20,21). The van der Waals surface area contributed by atoms with E-state index in [1.807, 2.05) is 0 Å². The van der Waals surface area contributed by atoms with Gasteiger partial charge in [0.15, 0.2) is 6.61 Å². The first-order valence-electron chi connectivity index (χ1n) is 7.68. The molecule has 0 spiro atoms. The van der Waals surface area contributed by atoms with Gasteiger partial charge in [-0.25, -0.2) is 0 Å². The average Bonchev–Trinajstić information content (AvgIpc) is 2.54. The number of hydrogen-bond donors (Lipinski definition) is 2. The fraction of sp³-hybridized carbons (Fsp3) is 0.500. The normalized spacial score (nSPS) is 15.0. The summed E-state index contributed by atoms with van der Waals surface area (Å²) in [6.45, 7) is -0.279. The average molecular weight is 359 g/mol. The van der Waals surface area contributed by atoms with Gasteiger partial charge in [-0.3, -0.25) is 9.59 Å². The number of carbonyl (C=O) groups excluding carboxylic acids is 2. The maximum Gasteiger partial charge on any atom is 0.258 e. The van der Waals surface area contributed by atoms with Crippen LogP contribution in [0.2, 0.25) is 10.0 Å². The van der Waals surface area contributed by atoms with Crippen LogP contribution in [0.1, 0.15) is 32.1 Å². The van der Waals surface area contributed by atoms with Gasteiger partial charge in [0.05, 0.1) is 11.6 Å². The van der Waals surface area contributed by atoms with Crippen LogP contribution in [-0.2, 0) is 9.59 Å². The Labute approximate surface area is 145 Å². The Morgan fingerprint density at radius 3 is 2.61 bits per heavy atom. The van der Waals surface area contributed by atoms with Crippen molar-refractivity contribution >= 4 is 35.0 Å². The zero-order chi connectivity index (χ0) is 16.7. The lowest BCUT2D eigenvalue weighted by Gasteiger charge is -2.22. The van der Waals surface area contributed by atoms with Gasteiger partial charge < -0.3 is 15.4 Å². The van der Waals surface area contributed by atoms with Gasteiger partial charge in [-0.15, -0.1) is 0 Å². The summed E-state index contributed by atoms with van der Waals surface area (Å²) in [5, 5.41) is 6.30. The molecule has 0 heterocycles. The maximum absolute atomic E-state index is 11.8. The number of carbonyl (C=O) groups is 2. The van der Waals surface area contributed by atoms with Crippen molar-refractivity contribution in [2.45, 2.75) is 38.1 Å². The summed E-state index contributed by atoms with van der Waals surface area (Å²) in [7, 11) is 0. The van der Waals surface area contributed by atoms with Gasteiger partial charge in [-0.1, -0.05) is 42.5 Å². The molecular formula is C16H20Cl2N2O3. The molecule has 1 aliphatic rings. The molecule has 1 fully saturated rings. The van der Waals surface area contributed by atoms with Gasteiger partial charge in [0.1, 0.15) is 5.75 Å². The van der Waals surface area contributed by atoms with Crippen molar-refractivity contribution in [1.82, 2.24) is 10.6 Å². The molecule has 0 radical (unpaired) electrons. The summed E-state index contributed by atoms with van der Waals surface area (Å²) in [5.74, 6) is -0.230. The highest BCUT2D eigenvalue weighted by Gasteiger charge is 2.16. The van der Waals surface area contributed by atoms with Gasteiger partial charge in [0, 0.05) is 17.1 Å². The van der Waals surface area contributed by atoms with E-state index in [2.05, 4.69) is 10.6 Å². The molecule has 1 aliphatic carbocycles. The molecule has 0 unspecified atom stereocenters. The van der Waals surface area contributed by atoms with Crippen molar-refractivity contribution < 1.29 is 14.3 Å². The summed E-state index contributed by atoms with van der Waals surface area (Å²) in [4.78, 5) is 23.5. The molecule has 1 aromatic carbocycles. The predicted molar refractivity (Wildman–Crippen MR) is 90.0 cm³/mol. The summed E-state index contributed by atoms with van der Waals surface area (Å²) in [6, 6.07) is 4.99. The third-order valence-corrected chi connectivity index (χ3v) is 4.22. The number of benzene rings is 1. The Bertz CT molecular complexity index is 560. The molecule has 2 N–H and O–H groups in total. The fourth-order valence-electron chi connectivity index (χ4n) is 2.49. The Morgan fingerprint density at radius 1 is 1.13 bits per heavy atom.